The molecule has 1 amide bonds. The highest BCUT2D eigenvalue weighted by atomic mass is 16.5. The summed E-state index contributed by atoms with van der Waals surface area (Å²) in [6.45, 7) is 6.76. The fourth-order valence-electron chi connectivity index (χ4n) is 1.83. The van der Waals surface area contributed by atoms with Crippen LogP contribution in [0, 0.1) is 0 Å². The van der Waals surface area contributed by atoms with Gasteiger partial charge in [-0.15, -0.1) is 0 Å². The number of nitrogens with one attached hydrogen (secondary N) is 2. The predicted molar refractivity (Wildman–Crippen MR) is 59.8 cm³/mol. The maximum atomic E-state index is 11.9. The van der Waals surface area contributed by atoms with Crippen molar-refractivity contribution >= 4 is 5.91 Å². The monoisotopic (exact) mass is 214 g/mol. The van der Waals surface area contributed by atoms with E-state index in [1.807, 2.05) is 13.8 Å². The van der Waals surface area contributed by atoms with Crippen LogP contribution in [0.15, 0.2) is 0 Å². The van der Waals surface area contributed by atoms with Gasteiger partial charge in [0.2, 0.25) is 5.91 Å². The molecule has 4 nitrogen and oxygen atoms in total. The lowest BCUT2D eigenvalue weighted by Crippen LogP contribution is -2.57. The zero-order valence-corrected chi connectivity index (χ0v) is 9.77. The average molecular weight is 214 g/mol. The molecule has 1 aliphatic heterocycles. The highest BCUT2D eigenvalue weighted by Crippen LogP contribution is 2.18. The minimum atomic E-state index is -0.371. The fraction of sp³-hybridized carbons (Fsp3) is 0.909. The molecule has 0 aromatic carbocycles. The quantitative estimate of drug-likeness (QED) is 0.661. The van der Waals surface area contributed by atoms with Crippen LogP contribution in [0.3, 0.4) is 0 Å². The average Bonchev–Trinajstić information content (AvgIpc) is 2.25. The number of hydrogen-bond donors (Lipinski definition) is 2. The van der Waals surface area contributed by atoms with E-state index in [9.17, 15) is 4.79 Å². The third-order valence-corrected chi connectivity index (χ3v) is 2.86. The van der Waals surface area contributed by atoms with Crippen LogP contribution in [-0.2, 0) is 9.53 Å². The zero-order valence-electron chi connectivity index (χ0n) is 9.77. The molecule has 0 aromatic rings. The van der Waals surface area contributed by atoms with Crippen LogP contribution < -0.4 is 10.6 Å². The topological polar surface area (TPSA) is 50.4 Å². The Balaban J connectivity index is 2.25. The molecule has 2 N–H and O–H groups in total. The van der Waals surface area contributed by atoms with Crippen molar-refractivity contribution in [3.63, 3.8) is 0 Å². The number of carbonyl (C=O) groups excluding carboxylic acids is 1. The molecule has 0 aromatic heterocycles. The van der Waals surface area contributed by atoms with Gasteiger partial charge in [0, 0.05) is 13.2 Å². The van der Waals surface area contributed by atoms with Gasteiger partial charge in [-0.25, -0.2) is 0 Å². The highest BCUT2D eigenvalue weighted by molar-refractivity contribution is 5.85. The van der Waals surface area contributed by atoms with E-state index in [1.165, 1.54) is 6.42 Å². The number of amides is 1. The van der Waals surface area contributed by atoms with Crippen molar-refractivity contribution in [1.29, 1.82) is 0 Å². The van der Waals surface area contributed by atoms with Gasteiger partial charge in [-0.1, -0.05) is 0 Å². The first-order valence-electron chi connectivity index (χ1n) is 5.80. The SMILES string of the molecule is CCOCCNC(=O)C1(C)CCCCN1. The molecule has 0 aliphatic carbocycles. The third kappa shape index (κ3) is 3.80. The number of rotatable bonds is 5. The first-order chi connectivity index (χ1) is 7.19. The number of ether oxygens (including phenoxy) is 1. The maximum absolute atomic E-state index is 11.9. The minimum absolute atomic E-state index is 0.0990. The molecule has 1 fully saturated rings. The third-order valence-electron chi connectivity index (χ3n) is 2.86. The first kappa shape index (κ1) is 12.5. The smallest absolute Gasteiger partial charge is 0.240 e. The molecule has 0 radical (unpaired) electrons. The molecule has 1 unspecified atom stereocenters. The zero-order chi connectivity index (χ0) is 11.1. The lowest BCUT2D eigenvalue weighted by atomic mass is 9.90. The van der Waals surface area contributed by atoms with Gasteiger partial charge in [0.1, 0.15) is 0 Å². The number of piperidine rings is 1. The van der Waals surface area contributed by atoms with Gasteiger partial charge in [0.15, 0.2) is 0 Å². The highest BCUT2D eigenvalue weighted by Gasteiger charge is 2.33. The molecule has 4 heteroatoms. The second-order valence-corrected chi connectivity index (χ2v) is 4.17. The molecular formula is C11H22N2O2. The van der Waals surface area contributed by atoms with Crippen LogP contribution in [0.2, 0.25) is 0 Å². The van der Waals surface area contributed by atoms with Crippen molar-refractivity contribution < 1.29 is 9.53 Å². The van der Waals surface area contributed by atoms with Crippen LogP contribution in [0.4, 0.5) is 0 Å². The van der Waals surface area contributed by atoms with Crippen molar-refractivity contribution in [1.82, 2.24) is 10.6 Å². The second kappa shape index (κ2) is 6.08. The summed E-state index contributed by atoms with van der Waals surface area (Å²) in [4.78, 5) is 11.9. The van der Waals surface area contributed by atoms with E-state index in [1.54, 1.807) is 0 Å². The van der Waals surface area contributed by atoms with Gasteiger partial charge >= 0.3 is 0 Å². The molecule has 15 heavy (non-hydrogen) atoms. The summed E-state index contributed by atoms with van der Waals surface area (Å²) in [6, 6.07) is 0. The summed E-state index contributed by atoms with van der Waals surface area (Å²) in [5, 5.41) is 6.18. The standard InChI is InChI=1S/C11H22N2O2/c1-3-15-9-8-12-10(14)11(2)6-4-5-7-13-11/h13H,3-9H2,1-2H3,(H,12,14). The summed E-state index contributed by atoms with van der Waals surface area (Å²) in [7, 11) is 0. The predicted octanol–water partition coefficient (Wildman–Crippen LogP) is 0.671. The molecule has 1 atom stereocenters. The Morgan fingerprint density at radius 1 is 1.53 bits per heavy atom. The molecule has 0 spiro atoms. The summed E-state index contributed by atoms with van der Waals surface area (Å²) in [5.74, 6) is 0.0990. The van der Waals surface area contributed by atoms with Crippen LogP contribution in [0.25, 0.3) is 0 Å². The van der Waals surface area contributed by atoms with E-state index in [-0.39, 0.29) is 11.4 Å². The van der Waals surface area contributed by atoms with Gasteiger partial charge in [0.25, 0.3) is 0 Å². The molecule has 0 bridgehead atoms. The Morgan fingerprint density at radius 2 is 2.33 bits per heavy atom. The van der Waals surface area contributed by atoms with Crippen LogP contribution in [-0.4, -0.2) is 37.7 Å². The summed E-state index contributed by atoms with van der Waals surface area (Å²) in [5.41, 5.74) is -0.371. The summed E-state index contributed by atoms with van der Waals surface area (Å²) in [6.07, 6.45) is 3.22. The molecule has 0 saturated carbocycles. The second-order valence-electron chi connectivity index (χ2n) is 4.17. The lowest BCUT2D eigenvalue weighted by molar-refractivity contribution is -0.128. The first-order valence-corrected chi connectivity index (χ1v) is 5.80. The molecule has 1 aliphatic rings. The van der Waals surface area contributed by atoms with Crippen LogP contribution in [0.1, 0.15) is 33.1 Å². The van der Waals surface area contributed by atoms with Gasteiger partial charge in [-0.2, -0.15) is 0 Å². The van der Waals surface area contributed by atoms with Gasteiger partial charge < -0.3 is 15.4 Å². The molecule has 1 saturated heterocycles. The summed E-state index contributed by atoms with van der Waals surface area (Å²) < 4.78 is 5.17. The fourth-order valence-corrected chi connectivity index (χ4v) is 1.83. The molecular weight excluding hydrogens is 192 g/mol. The Kier molecular flexibility index (Phi) is 5.05. The largest absolute Gasteiger partial charge is 0.380 e. The van der Waals surface area contributed by atoms with Crippen molar-refractivity contribution in [3.8, 4) is 0 Å². The maximum Gasteiger partial charge on any atom is 0.240 e. The molecule has 1 heterocycles. The van der Waals surface area contributed by atoms with Crippen molar-refractivity contribution in [2.45, 2.75) is 38.6 Å². The molecule has 1 rings (SSSR count). The van der Waals surface area contributed by atoms with Gasteiger partial charge in [-0.05, 0) is 39.7 Å². The summed E-state index contributed by atoms with van der Waals surface area (Å²) >= 11 is 0. The van der Waals surface area contributed by atoms with E-state index in [0.717, 1.165) is 19.4 Å². The van der Waals surface area contributed by atoms with Crippen molar-refractivity contribution in [2.24, 2.45) is 0 Å². The van der Waals surface area contributed by atoms with E-state index in [2.05, 4.69) is 10.6 Å². The van der Waals surface area contributed by atoms with E-state index in [4.69, 9.17) is 4.74 Å². The normalized spacial score (nSPS) is 26.3. The van der Waals surface area contributed by atoms with Gasteiger partial charge in [-0.3, -0.25) is 4.79 Å². The number of carbonyl (C=O) groups is 1. The van der Waals surface area contributed by atoms with Crippen molar-refractivity contribution in [3.05, 3.63) is 0 Å². The molecule has 88 valence electrons. The number of hydrogen-bond acceptors (Lipinski definition) is 3. The van der Waals surface area contributed by atoms with Gasteiger partial charge in [0.05, 0.1) is 12.1 Å². The minimum Gasteiger partial charge on any atom is -0.380 e. The Labute approximate surface area is 91.8 Å². The van der Waals surface area contributed by atoms with E-state index >= 15 is 0 Å². The van der Waals surface area contributed by atoms with Crippen LogP contribution >= 0.6 is 0 Å². The lowest BCUT2D eigenvalue weighted by Gasteiger charge is -2.33. The van der Waals surface area contributed by atoms with Crippen molar-refractivity contribution in [2.75, 3.05) is 26.3 Å². The Bertz CT molecular complexity index is 201. The van der Waals surface area contributed by atoms with E-state index < -0.39 is 0 Å². The Morgan fingerprint density at radius 3 is 2.93 bits per heavy atom. The van der Waals surface area contributed by atoms with E-state index in [0.29, 0.717) is 19.8 Å². The Hall–Kier alpha value is -0.610. The van der Waals surface area contributed by atoms with Crippen LogP contribution in [0.5, 0.6) is 0 Å².